The summed E-state index contributed by atoms with van der Waals surface area (Å²) in [7, 11) is 0. The number of aromatic nitrogens is 1. The van der Waals surface area contributed by atoms with E-state index in [1.807, 2.05) is 35.2 Å². The Labute approximate surface area is 169 Å². The summed E-state index contributed by atoms with van der Waals surface area (Å²) in [6.07, 6.45) is 4.09. The van der Waals surface area contributed by atoms with Crippen molar-refractivity contribution < 1.29 is 18.8 Å². The minimum absolute atomic E-state index is 0.124. The molecule has 0 aliphatic carbocycles. The molecule has 1 aliphatic heterocycles. The summed E-state index contributed by atoms with van der Waals surface area (Å²) in [5.74, 6) is -0.0446. The largest absolute Gasteiger partial charge is 0.452 e. The van der Waals surface area contributed by atoms with Gasteiger partial charge in [0.15, 0.2) is 12.4 Å². The summed E-state index contributed by atoms with van der Waals surface area (Å²) in [4.78, 5) is 26.9. The highest BCUT2D eigenvalue weighted by atomic mass is 16.5. The van der Waals surface area contributed by atoms with Crippen LogP contribution in [0, 0.1) is 0 Å². The van der Waals surface area contributed by atoms with E-state index in [1.165, 1.54) is 0 Å². The first-order valence-electron chi connectivity index (χ1n) is 10.1. The zero-order valence-corrected chi connectivity index (χ0v) is 16.5. The lowest BCUT2D eigenvalue weighted by molar-refractivity contribution is -0.138. The van der Waals surface area contributed by atoms with Crippen LogP contribution in [0.1, 0.15) is 43.0 Å². The number of esters is 1. The number of piperidine rings is 1. The minimum Gasteiger partial charge on any atom is -0.452 e. The molecule has 6 nitrogen and oxygen atoms in total. The normalized spacial score (nSPS) is 16.7. The molecule has 0 N–H and O–H groups in total. The van der Waals surface area contributed by atoms with Gasteiger partial charge in [0.1, 0.15) is 5.52 Å². The minimum atomic E-state index is -0.523. The third-order valence-corrected chi connectivity index (χ3v) is 5.49. The molecule has 1 aromatic heterocycles. The fraction of sp³-hybridized carbons (Fsp3) is 0.348. The Morgan fingerprint density at radius 1 is 1.17 bits per heavy atom. The summed E-state index contributed by atoms with van der Waals surface area (Å²) in [6, 6.07) is 14.9. The maximum atomic E-state index is 12.6. The van der Waals surface area contributed by atoms with Gasteiger partial charge >= 0.3 is 5.97 Å². The molecule has 0 unspecified atom stereocenters. The van der Waals surface area contributed by atoms with Crippen LogP contribution in [0.4, 0.5) is 0 Å². The van der Waals surface area contributed by atoms with Crippen LogP contribution in [0.15, 0.2) is 53.1 Å². The number of fused-ring (bicyclic) bond motifs is 1. The molecule has 6 heteroatoms. The van der Waals surface area contributed by atoms with Crippen molar-refractivity contribution >= 4 is 22.8 Å². The van der Waals surface area contributed by atoms with Crippen molar-refractivity contribution in [2.45, 2.75) is 38.6 Å². The highest BCUT2D eigenvalue weighted by Crippen LogP contribution is 2.29. The predicted molar refractivity (Wildman–Crippen MR) is 109 cm³/mol. The predicted octanol–water partition coefficient (Wildman–Crippen LogP) is 4.44. The van der Waals surface area contributed by atoms with Crippen molar-refractivity contribution in [1.82, 2.24) is 10.1 Å². The Kier molecular flexibility index (Phi) is 5.60. The van der Waals surface area contributed by atoms with Gasteiger partial charge in [0.05, 0.1) is 10.9 Å². The molecule has 3 aromatic rings. The Bertz CT molecular complexity index is 1010. The van der Waals surface area contributed by atoms with Crippen molar-refractivity contribution in [2.24, 2.45) is 0 Å². The van der Waals surface area contributed by atoms with Gasteiger partial charge in [-0.1, -0.05) is 42.4 Å². The Morgan fingerprint density at radius 3 is 2.79 bits per heavy atom. The lowest BCUT2D eigenvalue weighted by Crippen LogP contribution is -2.45. The molecule has 29 heavy (non-hydrogen) atoms. The lowest BCUT2D eigenvalue weighted by atomic mass is 10.00. The molecule has 1 amide bonds. The van der Waals surface area contributed by atoms with Crippen molar-refractivity contribution in [1.29, 1.82) is 0 Å². The highest BCUT2D eigenvalue weighted by molar-refractivity contribution is 5.99. The number of rotatable bonds is 5. The van der Waals surface area contributed by atoms with Crippen LogP contribution in [-0.4, -0.2) is 41.1 Å². The zero-order valence-electron chi connectivity index (χ0n) is 16.5. The number of benzene rings is 2. The van der Waals surface area contributed by atoms with E-state index in [0.717, 1.165) is 43.2 Å². The number of carbonyl (C=O) groups excluding carboxylic acids is 2. The monoisotopic (exact) mass is 392 g/mol. The van der Waals surface area contributed by atoms with Gasteiger partial charge in [-0.25, -0.2) is 4.79 Å². The molecule has 2 heterocycles. The number of nitrogens with zero attached hydrogens (tertiary/aromatic N) is 2. The number of likely N-dealkylation sites (tertiary alicyclic amines) is 1. The van der Waals surface area contributed by atoms with Gasteiger partial charge in [-0.05, 0) is 43.9 Å². The Hall–Kier alpha value is -3.15. The maximum Gasteiger partial charge on any atom is 0.338 e. The van der Waals surface area contributed by atoms with E-state index in [1.54, 1.807) is 18.2 Å². The van der Waals surface area contributed by atoms with Crippen LogP contribution in [0.5, 0.6) is 0 Å². The molecule has 0 spiro atoms. The second-order valence-corrected chi connectivity index (χ2v) is 7.33. The summed E-state index contributed by atoms with van der Waals surface area (Å²) < 4.78 is 10.8. The second-order valence-electron chi connectivity index (χ2n) is 7.33. The first kappa shape index (κ1) is 19.2. The number of hydrogen-bond donors (Lipinski definition) is 0. The summed E-state index contributed by atoms with van der Waals surface area (Å²) >= 11 is 0. The molecule has 0 radical (unpaired) electrons. The van der Waals surface area contributed by atoms with Crippen LogP contribution in [0.2, 0.25) is 0 Å². The van der Waals surface area contributed by atoms with Gasteiger partial charge in [0.2, 0.25) is 0 Å². The van der Waals surface area contributed by atoms with Crippen LogP contribution in [0.25, 0.3) is 22.2 Å². The van der Waals surface area contributed by atoms with Crippen molar-refractivity contribution in [2.75, 3.05) is 13.2 Å². The maximum absolute atomic E-state index is 12.6. The third kappa shape index (κ3) is 4.01. The first-order valence-corrected chi connectivity index (χ1v) is 10.1. The Balaban J connectivity index is 1.48. The number of hydrogen-bond acceptors (Lipinski definition) is 5. The molecule has 1 aliphatic rings. The van der Waals surface area contributed by atoms with E-state index in [0.29, 0.717) is 16.8 Å². The fourth-order valence-corrected chi connectivity index (χ4v) is 3.91. The molecular weight excluding hydrogens is 368 g/mol. The van der Waals surface area contributed by atoms with Crippen LogP contribution in [0.3, 0.4) is 0 Å². The molecule has 1 saturated heterocycles. The van der Waals surface area contributed by atoms with E-state index >= 15 is 0 Å². The van der Waals surface area contributed by atoms with Crippen LogP contribution >= 0.6 is 0 Å². The zero-order chi connectivity index (χ0) is 20.2. The third-order valence-electron chi connectivity index (χ3n) is 5.49. The van der Waals surface area contributed by atoms with Crippen molar-refractivity contribution in [3.8, 4) is 11.3 Å². The standard InChI is InChI=1S/C23H24N2O4/c1-2-18-10-6-7-13-25(18)21(26)15-28-23(27)17-11-12-20-19(14-17)22(29-24-20)16-8-4-3-5-9-16/h3-5,8-9,11-12,14,18H,2,6-7,10,13,15H2,1H3/t18-/m1/s1. The van der Waals surface area contributed by atoms with Gasteiger partial charge in [-0.2, -0.15) is 0 Å². The van der Waals surface area contributed by atoms with Gasteiger partial charge < -0.3 is 14.2 Å². The van der Waals surface area contributed by atoms with E-state index in [-0.39, 0.29) is 18.6 Å². The van der Waals surface area contributed by atoms with E-state index in [9.17, 15) is 9.59 Å². The quantitative estimate of drug-likeness (QED) is 0.600. The second kappa shape index (κ2) is 8.47. The number of carbonyl (C=O) groups is 2. The first-order chi connectivity index (χ1) is 14.2. The van der Waals surface area contributed by atoms with Gasteiger partial charge in [-0.3, -0.25) is 4.79 Å². The van der Waals surface area contributed by atoms with Gasteiger partial charge in [0.25, 0.3) is 5.91 Å². The lowest BCUT2D eigenvalue weighted by Gasteiger charge is -2.35. The molecule has 1 atom stereocenters. The van der Waals surface area contributed by atoms with E-state index < -0.39 is 5.97 Å². The van der Waals surface area contributed by atoms with Crippen molar-refractivity contribution in [3.63, 3.8) is 0 Å². The number of ether oxygens (including phenoxy) is 1. The summed E-state index contributed by atoms with van der Waals surface area (Å²) in [5, 5.41) is 4.80. The molecule has 2 aromatic carbocycles. The average molecular weight is 392 g/mol. The molecule has 0 saturated carbocycles. The molecule has 1 fully saturated rings. The molecule has 4 rings (SSSR count). The smallest absolute Gasteiger partial charge is 0.338 e. The van der Waals surface area contributed by atoms with Crippen molar-refractivity contribution in [3.05, 3.63) is 54.1 Å². The molecule has 150 valence electrons. The highest BCUT2D eigenvalue weighted by Gasteiger charge is 2.26. The van der Waals surface area contributed by atoms with Crippen LogP contribution < -0.4 is 0 Å². The van der Waals surface area contributed by atoms with Gasteiger partial charge in [0, 0.05) is 18.2 Å². The SMILES string of the molecule is CC[C@@H]1CCCCN1C(=O)COC(=O)c1ccc2noc(-c3ccccc3)c2c1. The number of amides is 1. The molecular formula is C23H24N2O4. The Morgan fingerprint density at radius 2 is 2.00 bits per heavy atom. The van der Waals surface area contributed by atoms with Gasteiger partial charge in [-0.15, -0.1) is 0 Å². The van der Waals surface area contributed by atoms with E-state index in [4.69, 9.17) is 9.26 Å². The topological polar surface area (TPSA) is 72.6 Å². The van der Waals surface area contributed by atoms with E-state index in [2.05, 4.69) is 12.1 Å². The summed E-state index contributed by atoms with van der Waals surface area (Å²) in [6.45, 7) is 2.59. The van der Waals surface area contributed by atoms with Crippen LogP contribution in [-0.2, 0) is 9.53 Å². The molecule has 0 bridgehead atoms. The average Bonchev–Trinajstić information content (AvgIpc) is 3.21. The fourth-order valence-electron chi connectivity index (χ4n) is 3.91. The summed E-state index contributed by atoms with van der Waals surface area (Å²) in [5.41, 5.74) is 1.92.